The van der Waals surface area contributed by atoms with Crippen LogP contribution in [0.15, 0.2) is 48.8 Å². The van der Waals surface area contributed by atoms with E-state index in [1.807, 2.05) is 41.9 Å². The molecule has 106 valence electrons. The molecule has 21 heavy (non-hydrogen) atoms. The highest BCUT2D eigenvalue weighted by atomic mass is 16.5. The molecule has 0 fully saturated rings. The molecule has 5 heteroatoms. The van der Waals surface area contributed by atoms with Crippen molar-refractivity contribution in [1.82, 2.24) is 9.38 Å². The molecule has 2 heterocycles. The van der Waals surface area contributed by atoms with Crippen molar-refractivity contribution in [3.63, 3.8) is 0 Å². The Bertz CT molecular complexity index is 808. The van der Waals surface area contributed by atoms with Crippen LogP contribution in [0, 0.1) is 6.92 Å². The van der Waals surface area contributed by atoms with Crippen molar-refractivity contribution < 1.29 is 9.53 Å². The van der Waals surface area contributed by atoms with Crippen molar-refractivity contribution >= 4 is 17.2 Å². The van der Waals surface area contributed by atoms with Gasteiger partial charge in [0, 0.05) is 12.4 Å². The van der Waals surface area contributed by atoms with Crippen LogP contribution in [0.2, 0.25) is 0 Å². The molecule has 0 bridgehead atoms. The summed E-state index contributed by atoms with van der Waals surface area (Å²) in [4.78, 5) is 16.8. The SMILES string of the molecule is COc1ccccc1C(=O)Nc1cccn2cc(C)nc12. The number of anilines is 1. The van der Waals surface area contributed by atoms with Gasteiger partial charge >= 0.3 is 0 Å². The minimum atomic E-state index is -0.221. The molecule has 1 aromatic carbocycles. The summed E-state index contributed by atoms with van der Waals surface area (Å²) < 4.78 is 7.10. The van der Waals surface area contributed by atoms with Gasteiger partial charge in [0.2, 0.25) is 0 Å². The fourth-order valence-electron chi connectivity index (χ4n) is 2.25. The number of carbonyl (C=O) groups excluding carboxylic acids is 1. The molecule has 5 nitrogen and oxygen atoms in total. The largest absolute Gasteiger partial charge is 0.496 e. The van der Waals surface area contributed by atoms with Crippen LogP contribution in [0.5, 0.6) is 5.75 Å². The Balaban J connectivity index is 1.96. The topological polar surface area (TPSA) is 55.6 Å². The van der Waals surface area contributed by atoms with E-state index in [1.165, 1.54) is 0 Å². The second-order valence-corrected chi connectivity index (χ2v) is 4.69. The number of fused-ring (bicyclic) bond motifs is 1. The number of carbonyl (C=O) groups is 1. The standard InChI is InChI=1S/C16H15N3O2/c1-11-10-19-9-5-7-13(15(19)17-11)18-16(20)12-6-3-4-8-14(12)21-2/h3-10H,1-2H3,(H,18,20). The molecule has 1 amide bonds. The molecule has 0 saturated heterocycles. The predicted molar refractivity (Wildman–Crippen MR) is 80.9 cm³/mol. The van der Waals surface area contributed by atoms with Crippen molar-refractivity contribution in [3.05, 3.63) is 60.0 Å². The Hall–Kier alpha value is -2.82. The van der Waals surface area contributed by atoms with Crippen LogP contribution in [0.3, 0.4) is 0 Å². The zero-order valence-electron chi connectivity index (χ0n) is 11.8. The van der Waals surface area contributed by atoms with Gasteiger partial charge in [0.25, 0.3) is 5.91 Å². The first kappa shape index (κ1) is 13.2. The third-order valence-corrected chi connectivity index (χ3v) is 3.20. The van der Waals surface area contributed by atoms with Crippen molar-refractivity contribution in [3.8, 4) is 5.75 Å². The van der Waals surface area contributed by atoms with Crippen LogP contribution in [0.1, 0.15) is 16.1 Å². The quantitative estimate of drug-likeness (QED) is 0.803. The Morgan fingerprint density at radius 1 is 1.24 bits per heavy atom. The minimum absolute atomic E-state index is 0.221. The first-order valence-corrected chi connectivity index (χ1v) is 6.58. The van der Waals surface area contributed by atoms with E-state index < -0.39 is 0 Å². The summed E-state index contributed by atoms with van der Waals surface area (Å²) in [5.74, 6) is 0.322. The van der Waals surface area contributed by atoms with E-state index in [2.05, 4.69) is 10.3 Å². The summed E-state index contributed by atoms with van der Waals surface area (Å²) in [5.41, 5.74) is 2.78. The highest BCUT2D eigenvalue weighted by Gasteiger charge is 2.13. The summed E-state index contributed by atoms with van der Waals surface area (Å²) in [6.07, 6.45) is 3.81. The number of amides is 1. The molecule has 0 atom stereocenters. The Labute approximate surface area is 122 Å². The third kappa shape index (κ3) is 2.45. The summed E-state index contributed by atoms with van der Waals surface area (Å²) >= 11 is 0. The van der Waals surface area contributed by atoms with Crippen molar-refractivity contribution in [2.24, 2.45) is 0 Å². The van der Waals surface area contributed by atoms with Gasteiger partial charge < -0.3 is 14.5 Å². The van der Waals surface area contributed by atoms with Crippen LogP contribution in [0.4, 0.5) is 5.69 Å². The van der Waals surface area contributed by atoms with Gasteiger partial charge in [-0.2, -0.15) is 0 Å². The van der Waals surface area contributed by atoms with Crippen LogP contribution in [-0.2, 0) is 0 Å². The zero-order chi connectivity index (χ0) is 14.8. The van der Waals surface area contributed by atoms with E-state index in [-0.39, 0.29) is 5.91 Å². The maximum atomic E-state index is 12.4. The van der Waals surface area contributed by atoms with Gasteiger partial charge in [-0.15, -0.1) is 0 Å². The smallest absolute Gasteiger partial charge is 0.259 e. The Morgan fingerprint density at radius 2 is 2.05 bits per heavy atom. The van der Waals surface area contributed by atoms with E-state index in [0.29, 0.717) is 17.0 Å². The number of hydrogen-bond donors (Lipinski definition) is 1. The molecule has 0 aliphatic heterocycles. The Kier molecular flexibility index (Phi) is 3.31. The zero-order valence-corrected chi connectivity index (χ0v) is 11.8. The second-order valence-electron chi connectivity index (χ2n) is 4.69. The molecule has 2 aromatic heterocycles. The van der Waals surface area contributed by atoms with Crippen LogP contribution < -0.4 is 10.1 Å². The molecule has 3 rings (SSSR count). The molecule has 0 spiro atoms. The normalized spacial score (nSPS) is 10.6. The van der Waals surface area contributed by atoms with E-state index in [4.69, 9.17) is 4.74 Å². The van der Waals surface area contributed by atoms with Crippen molar-refractivity contribution in [2.75, 3.05) is 12.4 Å². The number of para-hydroxylation sites is 1. The van der Waals surface area contributed by atoms with E-state index in [0.717, 1.165) is 11.3 Å². The number of nitrogens with one attached hydrogen (secondary N) is 1. The highest BCUT2D eigenvalue weighted by molar-refractivity contribution is 6.07. The van der Waals surface area contributed by atoms with Crippen LogP contribution >= 0.6 is 0 Å². The van der Waals surface area contributed by atoms with Gasteiger partial charge in [-0.1, -0.05) is 12.1 Å². The maximum absolute atomic E-state index is 12.4. The number of aryl methyl sites for hydroxylation is 1. The first-order chi connectivity index (χ1) is 10.2. The van der Waals surface area contributed by atoms with E-state index in [9.17, 15) is 4.79 Å². The summed E-state index contributed by atoms with van der Waals surface area (Å²) in [6.45, 7) is 1.92. The molecule has 0 aliphatic carbocycles. The number of nitrogens with zero attached hydrogens (tertiary/aromatic N) is 2. The van der Waals surface area contributed by atoms with Gasteiger partial charge in [0.15, 0.2) is 5.65 Å². The third-order valence-electron chi connectivity index (χ3n) is 3.20. The van der Waals surface area contributed by atoms with Crippen LogP contribution in [-0.4, -0.2) is 22.4 Å². The van der Waals surface area contributed by atoms with E-state index >= 15 is 0 Å². The molecule has 3 aromatic rings. The number of methoxy groups -OCH3 is 1. The minimum Gasteiger partial charge on any atom is -0.496 e. The fourth-order valence-corrected chi connectivity index (χ4v) is 2.25. The lowest BCUT2D eigenvalue weighted by Crippen LogP contribution is -2.13. The number of benzene rings is 1. The first-order valence-electron chi connectivity index (χ1n) is 6.58. The molecule has 0 aliphatic rings. The molecular weight excluding hydrogens is 266 g/mol. The van der Waals surface area contributed by atoms with Gasteiger partial charge in [-0.3, -0.25) is 4.79 Å². The van der Waals surface area contributed by atoms with Crippen molar-refractivity contribution in [2.45, 2.75) is 6.92 Å². The number of aromatic nitrogens is 2. The maximum Gasteiger partial charge on any atom is 0.259 e. The number of hydrogen-bond acceptors (Lipinski definition) is 3. The number of rotatable bonds is 3. The van der Waals surface area contributed by atoms with Gasteiger partial charge in [-0.05, 0) is 31.2 Å². The second kappa shape index (κ2) is 5.28. The van der Waals surface area contributed by atoms with Crippen molar-refractivity contribution in [1.29, 1.82) is 0 Å². The number of pyridine rings is 1. The van der Waals surface area contributed by atoms with Crippen LogP contribution in [0.25, 0.3) is 5.65 Å². The summed E-state index contributed by atoms with van der Waals surface area (Å²) in [7, 11) is 1.55. The average molecular weight is 281 g/mol. The molecule has 0 radical (unpaired) electrons. The number of imidazole rings is 1. The lowest BCUT2D eigenvalue weighted by molar-refractivity contribution is 0.102. The van der Waals surface area contributed by atoms with Gasteiger partial charge in [0.1, 0.15) is 5.75 Å². The van der Waals surface area contributed by atoms with Gasteiger partial charge in [-0.25, -0.2) is 4.98 Å². The van der Waals surface area contributed by atoms with Gasteiger partial charge in [0.05, 0.1) is 24.1 Å². The molecule has 1 N–H and O–H groups in total. The average Bonchev–Trinajstić information content (AvgIpc) is 2.88. The lowest BCUT2D eigenvalue weighted by atomic mass is 10.2. The summed E-state index contributed by atoms with van der Waals surface area (Å²) in [6, 6.07) is 10.8. The Morgan fingerprint density at radius 3 is 2.86 bits per heavy atom. The highest BCUT2D eigenvalue weighted by Crippen LogP contribution is 2.21. The fraction of sp³-hybridized carbons (Fsp3) is 0.125. The lowest BCUT2D eigenvalue weighted by Gasteiger charge is -2.09. The molecular formula is C16H15N3O2. The predicted octanol–water partition coefficient (Wildman–Crippen LogP) is 2.90. The number of ether oxygens (including phenoxy) is 1. The molecule has 0 unspecified atom stereocenters. The summed E-state index contributed by atoms with van der Waals surface area (Å²) in [5, 5.41) is 2.89. The molecule has 0 saturated carbocycles. The monoisotopic (exact) mass is 281 g/mol. The van der Waals surface area contributed by atoms with E-state index in [1.54, 1.807) is 25.3 Å².